The van der Waals surface area contributed by atoms with Crippen LogP contribution in [0, 0.1) is 5.82 Å². The zero-order chi connectivity index (χ0) is 18.6. The normalized spacial score (nSPS) is 16.0. The summed E-state index contributed by atoms with van der Waals surface area (Å²) in [6.07, 6.45) is 0.240. The number of halogens is 1. The van der Waals surface area contributed by atoms with Crippen LogP contribution in [0.3, 0.4) is 0 Å². The minimum atomic E-state index is -0.305. The molecule has 0 radical (unpaired) electrons. The fraction of sp³-hybridized carbons (Fsp3) is 0.250. The molecule has 7 heteroatoms. The average molecular weight is 366 g/mol. The van der Waals surface area contributed by atoms with E-state index in [1.165, 1.54) is 6.07 Å². The molecule has 0 saturated heterocycles. The minimum absolute atomic E-state index is 0.0940. The van der Waals surface area contributed by atoms with Crippen molar-refractivity contribution in [2.24, 2.45) is 0 Å². The first kappa shape index (κ1) is 17.4. The van der Waals surface area contributed by atoms with E-state index < -0.39 is 0 Å². The van der Waals surface area contributed by atoms with Crippen molar-refractivity contribution in [1.29, 1.82) is 0 Å². The molecule has 4 rings (SSSR count). The Morgan fingerprint density at radius 1 is 1.22 bits per heavy atom. The van der Waals surface area contributed by atoms with Gasteiger partial charge in [0, 0.05) is 19.5 Å². The van der Waals surface area contributed by atoms with E-state index in [-0.39, 0.29) is 30.6 Å². The average Bonchev–Trinajstić information content (AvgIpc) is 3.15. The van der Waals surface area contributed by atoms with Gasteiger partial charge < -0.3 is 15.2 Å². The van der Waals surface area contributed by atoms with Gasteiger partial charge in [-0.05, 0) is 22.8 Å². The molecule has 1 atom stereocenters. The summed E-state index contributed by atoms with van der Waals surface area (Å²) < 4.78 is 18.9. The number of rotatable bonds is 5. The molecule has 2 N–H and O–H groups in total. The van der Waals surface area contributed by atoms with Gasteiger partial charge in [0.05, 0.1) is 12.5 Å². The highest BCUT2D eigenvalue weighted by atomic mass is 19.1. The van der Waals surface area contributed by atoms with E-state index in [0.717, 1.165) is 17.7 Å². The van der Waals surface area contributed by atoms with Crippen LogP contribution >= 0.6 is 0 Å². The Balaban J connectivity index is 1.38. The van der Waals surface area contributed by atoms with Crippen LogP contribution in [0.25, 0.3) is 0 Å². The van der Waals surface area contributed by atoms with Crippen molar-refractivity contribution in [3.05, 3.63) is 82.8 Å². The molecule has 0 aliphatic carbocycles. The molecular formula is C20H19FN4O2. The van der Waals surface area contributed by atoms with Gasteiger partial charge in [0.25, 0.3) is 0 Å². The highest BCUT2D eigenvalue weighted by Crippen LogP contribution is 2.23. The largest absolute Gasteiger partial charge is 0.346 e. The maximum atomic E-state index is 13.7. The van der Waals surface area contributed by atoms with Crippen LogP contribution in [0.2, 0.25) is 0 Å². The second-order valence-corrected chi connectivity index (χ2v) is 6.47. The maximum absolute atomic E-state index is 13.7. The van der Waals surface area contributed by atoms with Gasteiger partial charge in [-0.3, -0.25) is 4.79 Å². The van der Waals surface area contributed by atoms with Crippen LogP contribution in [-0.4, -0.2) is 22.6 Å². The number of hydrogen-bond donors (Lipinski definition) is 2. The van der Waals surface area contributed by atoms with Crippen molar-refractivity contribution >= 4 is 5.91 Å². The van der Waals surface area contributed by atoms with Gasteiger partial charge in [-0.1, -0.05) is 47.6 Å². The molecule has 3 aromatic rings. The number of hydrogen-bond acceptors (Lipinski definition) is 5. The Morgan fingerprint density at radius 3 is 2.93 bits per heavy atom. The third-order valence-corrected chi connectivity index (χ3v) is 4.64. The number of amides is 1. The summed E-state index contributed by atoms with van der Waals surface area (Å²) in [7, 11) is 0. The summed E-state index contributed by atoms with van der Waals surface area (Å²) >= 11 is 0. The van der Waals surface area contributed by atoms with Crippen LogP contribution in [0.5, 0.6) is 0 Å². The quantitative estimate of drug-likeness (QED) is 0.724. The molecule has 27 heavy (non-hydrogen) atoms. The number of carbonyl (C=O) groups is 1. The second-order valence-electron chi connectivity index (χ2n) is 6.47. The molecule has 1 unspecified atom stereocenters. The van der Waals surface area contributed by atoms with E-state index >= 15 is 0 Å². The van der Waals surface area contributed by atoms with Crippen LogP contribution in [0.15, 0.2) is 53.1 Å². The third kappa shape index (κ3) is 3.88. The summed E-state index contributed by atoms with van der Waals surface area (Å²) in [6, 6.07) is 14.4. The lowest BCUT2D eigenvalue weighted by Gasteiger charge is -2.25. The second kappa shape index (κ2) is 7.67. The maximum Gasteiger partial charge on any atom is 0.246 e. The van der Waals surface area contributed by atoms with Crippen molar-refractivity contribution in [3.63, 3.8) is 0 Å². The van der Waals surface area contributed by atoms with Crippen LogP contribution in [0.1, 0.15) is 34.3 Å². The van der Waals surface area contributed by atoms with E-state index in [9.17, 15) is 9.18 Å². The lowest BCUT2D eigenvalue weighted by molar-refractivity contribution is -0.122. The van der Waals surface area contributed by atoms with Gasteiger partial charge in [0.1, 0.15) is 5.82 Å². The molecular weight excluding hydrogens is 347 g/mol. The highest BCUT2D eigenvalue weighted by Gasteiger charge is 2.26. The molecule has 1 amide bonds. The molecule has 1 aliphatic heterocycles. The minimum Gasteiger partial charge on any atom is -0.346 e. The SMILES string of the molecule is O=C(NCc1nc(Cc2ccccc2F)no1)C1CNCc2ccccc21. The van der Waals surface area contributed by atoms with Crippen molar-refractivity contribution in [1.82, 2.24) is 20.8 Å². The Kier molecular flexibility index (Phi) is 4.93. The van der Waals surface area contributed by atoms with Gasteiger partial charge >= 0.3 is 0 Å². The Morgan fingerprint density at radius 2 is 2.04 bits per heavy atom. The Labute approximate surface area is 155 Å². The smallest absolute Gasteiger partial charge is 0.246 e. The lowest BCUT2D eigenvalue weighted by atomic mass is 9.90. The summed E-state index contributed by atoms with van der Waals surface area (Å²) in [6.45, 7) is 1.50. The van der Waals surface area contributed by atoms with Crippen LogP contribution in [0.4, 0.5) is 4.39 Å². The molecule has 0 spiro atoms. The zero-order valence-electron chi connectivity index (χ0n) is 14.6. The monoisotopic (exact) mass is 366 g/mol. The summed E-state index contributed by atoms with van der Waals surface area (Å²) in [5, 5.41) is 9.97. The van der Waals surface area contributed by atoms with E-state index in [1.807, 2.05) is 24.3 Å². The van der Waals surface area contributed by atoms with E-state index in [2.05, 4.69) is 20.8 Å². The van der Waals surface area contributed by atoms with E-state index in [4.69, 9.17) is 4.52 Å². The molecule has 2 heterocycles. The molecule has 0 saturated carbocycles. The van der Waals surface area contributed by atoms with Crippen LogP contribution < -0.4 is 10.6 Å². The number of fused-ring (bicyclic) bond motifs is 1. The van der Waals surface area contributed by atoms with Crippen molar-refractivity contribution in [2.45, 2.75) is 25.4 Å². The predicted octanol–water partition coefficient (Wildman–Crippen LogP) is 2.30. The number of aromatic nitrogens is 2. The third-order valence-electron chi connectivity index (χ3n) is 4.64. The molecule has 138 valence electrons. The summed E-state index contributed by atoms with van der Waals surface area (Å²) in [5.74, 6) is 0.0284. The first-order valence-corrected chi connectivity index (χ1v) is 8.82. The first-order chi connectivity index (χ1) is 13.2. The highest BCUT2D eigenvalue weighted by molar-refractivity contribution is 5.84. The fourth-order valence-corrected chi connectivity index (χ4v) is 3.26. The number of carbonyl (C=O) groups excluding carboxylic acids is 1. The molecule has 1 aliphatic rings. The van der Waals surface area contributed by atoms with Gasteiger partial charge in [0.15, 0.2) is 5.82 Å². The van der Waals surface area contributed by atoms with E-state index in [0.29, 0.717) is 23.8 Å². The fourth-order valence-electron chi connectivity index (χ4n) is 3.26. The van der Waals surface area contributed by atoms with Gasteiger partial charge in [-0.15, -0.1) is 0 Å². The molecule has 0 fully saturated rings. The van der Waals surface area contributed by atoms with Crippen LogP contribution in [-0.2, 0) is 24.3 Å². The van der Waals surface area contributed by atoms with Gasteiger partial charge in [-0.2, -0.15) is 4.98 Å². The number of nitrogens with one attached hydrogen (secondary N) is 2. The first-order valence-electron chi connectivity index (χ1n) is 8.82. The van der Waals surface area contributed by atoms with Crippen molar-refractivity contribution < 1.29 is 13.7 Å². The Hall–Kier alpha value is -3.06. The summed E-state index contributed by atoms with van der Waals surface area (Å²) in [5.41, 5.74) is 2.67. The summed E-state index contributed by atoms with van der Waals surface area (Å²) in [4.78, 5) is 16.8. The topological polar surface area (TPSA) is 80.1 Å². The van der Waals surface area contributed by atoms with Gasteiger partial charge in [0.2, 0.25) is 11.8 Å². The lowest BCUT2D eigenvalue weighted by Crippen LogP contribution is -2.38. The van der Waals surface area contributed by atoms with E-state index in [1.54, 1.807) is 18.2 Å². The molecule has 2 aromatic carbocycles. The predicted molar refractivity (Wildman–Crippen MR) is 96.2 cm³/mol. The molecule has 6 nitrogen and oxygen atoms in total. The molecule has 1 aromatic heterocycles. The van der Waals surface area contributed by atoms with Crippen molar-refractivity contribution in [3.8, 4) is 0 Å². The van der Waals surface area contributed by atoms with Gasteiger partial charge in [-0.25, -0.2) is 4.39 Å². The number of benzene rings is 2. The molecule has 0 bridgehead atoms. The van der Waals surface area contributed by atoms with Crippen molar-refractivity contribution in [2.75, 3.05) is 6.54 Å². The Bertz CT molecular complexity index is 956. The number of nitrogens with zero attached hydrogens (tertiary/aromatic N) is 2. The standard InChI is InChI=1S/C20H19FN4O2/c21-17-8-4-2-5-13(17)9-18-24-19(27-25-18)12-23-20(26)16-11-22-10-14-6-1-3-7-15(14)16/h1-8,16,22H,9-12H2,(H,23,26). The zero-order valence-corrected chi connectivity index (χ0v) is 14.6.